The van der Waals surface area contributed by atoms with Gasteiger partial charge in [-0.15, -0.1) is 0 Å². The monoisotopic (exact) mass is 459 g/mol. The lowest BCUT2D eigenvalue weighted by atomic mass is 10.1. The number of nitrogens with one attached hydrogen (secondary N) is 1. The van der Waals surface area contributed by atoms with Gasteiger partial charge < -0.3 is 9.47 Å². The van der Waals surface area contributed by atoms with Gasteiger partial charge in [-0.05, 0) is 18.2 Å². The third-order valence-corrected chi connectivity index (χ3v) is 5.91. The van der Waals surface area contributed by atoms with Crippen molar-refractivity contribution in [3.63, 3.8) is 0 Å². The number of hydrazone groups is 1. The molecule has 0 heterocycles. The first-order valence-electron chi connectivity index (χ1n) is 8.67. The molecule has 0 fully saturated rings. The molecular weight excluding hydrogens is 439 g/mol. The van der Waals surface area contributed by atoms with Gasteiger partial charge in [-0.1, -0.05) is 18.2 Å². The first kappa shape index (κ1) is 24.2. The Bertz CT molecular complexity index is 1070. The SMILES string of the molecule is COc1ccc(OC)c(S(=O)(=O)N(C)CC(=O)NN=Cc2ccccc2C(F)(F)F)c1. The Balaban J connectivity index is 2.12. The quantitative estimate of drug-likeness (QED) is 0.483. The zero-order valence-electron chi connectivity index (χ0n) is 16.8. The van der Waals surface area contributed by atoms with E-state index in [2.05, 4.69) is 5.10 Å². The minimum Gasteiger partial charge on any atom is -0.497 e. The normalized spacial score (nSPS) is 12.2. The molecule has 8 nitrogen and oxygen atoms in total. The van der Waals surface area contributed by atoms with Crippen LogP contribution in [0.25, 0.3) is 0 Å². The standard InChI is InChI=1S/C19H20F3N3O5S/c1-25(31(27,28)17-10-14(29-2)8-9-16(17)30-3)12-18(26)24-23-11-13-6-4-5-7-15(13)19(20,21)22/h4-11H,12H2,1-3H3,(H,24,26). The van der Waals surface area contributed by atoms with Crippen molar-refractivity contribution in [2.75, 3.05) is 27.8 Å². The molecule has 0 spiro atoms. The van der Waals surface area contributed by atoms with Crippen LogP contribution in [0.1, 0.15) is 11.1 Å². The van der Waals surface area contributed by atoms with Gasteiger partial charge in [-0.2, -0.15) is 22.6 Å². The number of carbonyl (C=O) groups excluding carboxylic acids is 1. The number of amides is 1. The van der Waals surface area contributed by atoms with E-state index < -0.39 is 34.2 Å². The van der Waals surface area contributed by atoms with Gasteiger partial charge in [0.15, 0.2) is 0 Å². The number of nitrogens with zero attached hydrogens (tertiary/aromatic N) is 2. The molecule has 1 amide bonds. The molecular formula is C19H20F3N3O5S. The van der Waals surface area contributed by atoms with Crippen molar-refractivity contribution in [1.29, 1.82) is 0 Å². The van der Waals surface area contributed by atoms with Crippen LogP contribution in [0, 0.1) is 0 Å². The molecule has 0 bridgehead atoms. The van der Waals surface area contributed by atoms with E-state index in [-0.39, 0.29) is 22.0 Å². The molecule has 1 N–H and O–H groups in total. The van der Waals surface area contributed by atoms with Gasteiger partial charge in [0.2, 0.25) is 10.0 Å². The summed E-state index contributed by atoms with van der Waals surface area (Å²) >= 11 is 0. The molecule has 0 aliphatic heterocycles. The summed E-state index contributed by atoms with van der Waals surface area (Å²) in [4.78, 5) is 11.9. The fourth-order valence-corrected chi connectivity index (χ4v) is 3.81. The lowest BCUT2D eigenvalue weighted by molar-refractivity contribution is -0.137. The summed E-state index contributed by atoms with van der Waals surface area (Å²) < 4.78 is 75.4. The predicted molar refractivity (Wildman–Crippen MR) is 107 cm³/mol. The zero-order chi connectivity index (χ0) is 23.2. The highest BCUT2D eigenvalue weighted by Crippen LogP contribution is 2.31. The molecule has 0 atom stereocenters. The summed E-state index contributed by atoms with van der Waals surface area (Å²) in [5.41, 5.74) is 0.845. The van der Waals surface area contributed by atoms with Gasteiger partial charge in [0.05, 0.1) is 32.5 Å². The number of methoxy groups -OCH3 is 2. The third kappa shape index (κ3) is 5.95. The number of sulfonamides is 1. The number of hydrogen-bond donors (Lipinski definition) is 1. The lowest BCUT2D eigenvalue weighted by Gasteiger charge is -2.18. The number of benzene rings is 2. The number of ether oxygens (including phenoxy) is 2. The number of alkyl halides is 3. The van der Waals surface area contributed by atoms with Crippen molar-refractivity contribution < 1.29 is 35.9 Å². The number of halogens is 3. The summed E-state index contributed by atoms with van der Waals surface area (Å²) in [6, 6.07) is 8.84. The highest BCUT2D eigenvalue weighted by molar-refractivity contribution is 7.89. The third-order valence-electron chi connectivity index (χ3n) is 4.08. The van der Waals surface area contributed by atoms with E-state index in [9.17, 15) is 26.4 Å². The summed E-state index contributed by atoms with van der Waals surface area (Å²) in [7, 11) is -0.325. The molecule has 12 heteroatoms. The van der Waals surface area contributed by atoms with Crippen molar-refractivity contribution in [1.82, 2.24) is 9.73 Å². The molecule has 2 aromatic carbocycles. The maximum absolute atomic E-state index is 13.0. The topological polar surface area (TPSA) is 97.3 Å². The van der Waals surface area contributed by atoms with Crippen LogP contribution >= 0.6 is 0 Å². The Morgan fingerprint density at radius 2 is 1.84 bits per heavy atom. The van der Waals surface area contributed by atoms with Gasteiger partial charge in [-0.25, -0.2) is 13.8 Å². The van der Waals surface area contributed by atoms with Crippen molar-refractivity contribution in [3.8, 4) is 11.5 Å². The largest absolute Gasteiger partial charge is 0.497 e. The number of carbonyl (C=O) groups is 1. The van der Waals surface area contributed by atoms with E-state index in [1.807, 2.05) is 5.43 Å². The molecule has 2 aromatic rings. The second-order valence-electron chi connectivity index (χ2n) is 6.16. The summed E-state index contributed by atoms with van der Waals surface area (Å²) in [6.07, 6.45) is -3.75. The maximum atomic E-state index is 13.0. The first-order chi connectivity index (χ1) is 14.5. The minimum absolute atomic E-state index is 0.0508. The van der Waals surface area contributed by atoms with Crippen LogP contribution in [0.4, 0.5) is 13.2 Å². The smallest absolute Gasteiger partial charge is 0.417 e. The molecule has 2 rings (SSSR count). The van der Waals surface area contributed by atoms with Crippen LogP contribution in [-0.2, 0) is 21.0 Å². The van der Waals surface area contributed by atoms with Crippen molar-refractivity contribution >= 4 is 22.1 Å². The fraction of sp³-hybridized carbons (Fsp3) is 0.263. The van der Waals surface area contributed by atoms with E-state index >= 15 is 0 Å². The Morgan fingerprint density at radius 3 is 2.45 bits per heavy atom. The van der Waals surface area contributed by atoms with Crippen LogP contribution in [0.2, 0.25) is 0 Å². The van der Waals surface area contributed by atoms with Gasteiger partial charge in [-0.3, -0.25) is 4.79 Å². The van der Waals surface area contributed by atoms with Crippen LogP contribution in [0.5, 0.6) is 11.5 Å². The lowest BCUT2D eigenvalue weighted by Crippen LogP contribution is -2.36. The molecule has 0 aliphatic rings. The van der Waals surface area contributed by atoms with Gasteiger partial charge in [0.1, 0.15) is 16.4 Å². The summed E-state index contributed by atoms with van der Waals surface area (Å²) in [5, 5.41) is 3.49. The molecule has 0 unspecified atom stereocenters. The highest BCUT2D eigenvalue weighted by Gasteiger charge is 2.32. The van der Waals surface area contributed by atoms with E-state index in [1.165, 1.54) is 50.6 Å². The highest BCUT2D eigenvalue weighted by atomic mass is 32.2. The summed E-state index contributed by atoms with van der Waals surface area (Å²) in [5.74, 6) is -0.534. The minimum atomic E-state index is -4.59. The van der Waals surface area contributed by atoms with Crippen molar-refractivity contribution in [3.05, 3.63) is 53.6 Å². The Labute approximate surface area is 177 Å². The van der Waals surface area contributed by atoms with Gasteiger partial charge >= 0.3 is 6.18 Å². The number of rotatable bonds is 8. The average molecular weight is 459 g/mol. The second kappa shape index (κ2) is 9.79. The van der Waals surface area contributed by atoms with Crippen molar-refractivity contribution in [2.24, 2.45) is 5.10 Å². The van der Waals surface area contributed by atoms with Crippen LogP contribution < -0.4 is 14.9 Å². The van der Waals surface area contributed by atoms with Crippen molar-refractivity contribution in [2.45, 2.75) is 11.1 Å². The Hall–Kier alpha value is -3.12. The Morgan fingerprint density at radius 1 is 1.16 bits per heavy atom. The maximum Gasteiger partial charge on any atom is 0.417 e. The molecule has 0 aliphatic carbocycles. The molecule has 0 aromatic heterocycles. The van der Waals surface area contributed by atoms with Crippen LogP contribution in [-0.4, -0.2) is 52.7 Å². The number of likely N-dealkylation sites (N-methyl/N-ethyl adjacent to an activating group) is 1. The first-order valence-corrected chi connectivity index (χ1v) is 10.1. The van der Waals surface area contributed by atoms with E-state index in [0.29, 0.717) is 0 Å². The van der Waals surface area contributed by atoms with Gasteiger partial charge in [0.25, 0.3) is 5.91 Å². The second-order valence-corrected chi connectivity index (χ2v) is 8.17. The molecule has 0 saturated carbocycles. The zero-order valence-corrected chi connectivity index (χ0v) is 17.6. The van der Waals surface area contributed by atoms with E-state index in [4.69, 9.17) is 9.47 Å². The van der Waals surface area contributed by atoms with E-state index in [1.54, 1.807) is 0 Å². The van der Waals surface area contributed by atoms with E-state index in [0.717, 1.165) is 23.6 Å². The predicted octanol–water partition coefficient (Wildman–Crippen LogP) is 2.49. The van der Waals surface area contributed by atoms with Gasteiger partial charge in [0, 0.05) is 18.7 Å². The number of hydrogen-bond acceptors (Lipinski definition) is 6. The molecule has 31 heavy (non-hydrogen) atoms. The summed E-state index contributed by atoms with van der Waals surface area (Å²) in [6.45, 7) is -0.638. The van der Waals surface area contributed by atoms with Crippen LogP contribution in [0.3, 0.4) is 0 Å². The average Bonchev–Trinajstić information content (AvgIpc) is 2.72. The Kier molecular flexibility index (Phi) is 7.63. The van der Waals surface area contributed by atoms with Crippen LogP contribution in [0.15, 0.2) is 52.5 Å². The molecule has 168 valence electrons. The molecule has 0 radical (unpaired) electrons. The molecule has 0 saturated heterocycles. The fourth-order valence-electron chi connectivity index (χ4n) is 2.52.